The summed E-state index contributed by atoms with van der Waals surface area (Å²) in [5.74, 6) is -0.116. The van der Waals surface area contributed by atoms with Gasteiger partial charge in [-0.05, 0) is 42.0 Å². The summed E-state index contributed by atoms with van der Waals surface area (Å²) in [4.78, 5) is 15.6. The maximum Gasteiger partial charge on any atom is 0.335 e. The fraction of sp³-hybridized carbons (Fsp3) is 0.100. The highest BCUT2D eigenvalue weighted by Crippen LogP contribution is 2.30. The summed E-state index contributed by atoms with van der Waals surface area (Å²) < 4.78 is 7.46. The van der Waals surface area contributed by atoms with E-state index in [9.17, 15) is 9.90 Å². The van der Waals surface area contributed by atoms with Crippen molar-refractivity contribution in [2.75, 3.05) is 7.11 Å². The van der Waals surface area contributed by atoms with Gasteiger partial charge in [-0.15, -0.1) is 0 Å². The van der Waals surface area contributed by atoms with Crippen molar-refractivity contribution < 1.29 is 14.6 Å². The van der Waals surface area contributed by atoms with E-state index in [1.54, 1.807) is 25.4 Å². The standard InChI is InChI=1S/C20H16N2O3/c1-25-15-4-2-3-13(9-15)12-22-18-6-5-14(20(23)24)10-17(18)16-7-8-21-11-19(16)22/h2-11H,12H2,1H3,(H,23,24). The third-order valence-corrected chi connectivity index (χ3v) is 4.39. The first-order chi connectivity index (χ1) is 12.2. The SMILES string of the molecule is COc1cccc(Cn2c3ccc(C(=O)O)cc3c3ccncc32)c1. The molecule has 5 nitrogen and oxygen atoms in total. The first-order valence-electron chi connectivity index (χ1n) is 7.89. The van der Waals surface area contributed by atoms with Gasteiger partial charge in [0.2, 0.25) is 0 Å². The predicted octanol–water partition coefficient (Wildman–Crippen LogP) is 3.94. The van der Waals surface area contributed by atoms with Crippen molar-refractivity contribution in [3.63, 3.8) is 0 Å². The lowest BCUT2D eigenvalue weighted by molar-refractivity contribution is 0.0697. The number of pyridine rings is 1. The number of methoxy groups -OCH3 is 1. The molecular formula is C20H16N2O3. The Labute approximate surface area is 144 Å². The topological polar surface area (TPSA) is 64.3 Å². The van der Waals surface area contributed by atoms with Gasteiger partial charge < -0.3 is 14.4 Å². The summed E-state index contributed by atoms with van der Waals surface area (Å²) in [6.45, 7) is 0.648. The Hall–Kier alpha value is -3.34. The fourth-order valence-electron chi connectivity index (χ4n) is 3.20. The number of aromatic carboxylic acids is 1. The number of hydrogen-bond acceptors (Lipinski definition) is 3. The molecule has 25 heavy (non-hydrogen) atoms. The minimum Gasteiger partial charge on any atom is -0.497 e. The first kappa shape index (κ1) is 15.2. The molecule has 1 N–H and O–H groups in total. The number of carboxylic acid groups (broad SMARTS) is 1. The van der Waals surface area contributed by atoms with Crippen molar-refractivity contribution in [1.82, 2.24) is 9.55 Å². The average molecular weight is 332 g/mol. The van der Waals surface area contributed by atoms with Crippen molar-refractivity contribution in [2.24, 2.45) is 0 Å². The van der Waals surface area contributed by atoms with E-state index in [1.807, 2.05) is 42.6 Å². The van der Waals surface area contributed by atoms with E-state index in [0.29, 0.717) is 6.54 Å². The van der Waals surface area contributed by atoms with Crippen molar-refractivity contribution in [2.45, 2.75) is 6.54 Å². The normalized spacial score (nSPS) is 11.1. The summed E-state index contributed by atoms with van der Waals surface area (Å²) in [5.41, 5.74) is 3.34. The smallest absolute Gasteiger partial charge is 0.335 e. The van der Waals surface area contributed by atoms with E-state index in [-0.39, 0.29) is 5.56 Å². The molecule has 0 saturated carbocycles. The maximum absolute atomic E-state index is 11.3. The summed E-state index contributed by atoms with van der Waals surface area (Å²) >= 11 is 0. The Bertz CT molecular complexity index is 1100. The molecule has 2 aromatic heterocycles. The minimum absolute atomic E-state index is 0.282. The van der Waals surface area contributed by atoms with Crippen LogP contribution in [-0.2, 0) is 6.54 Å². The number of carbonyl (C=O) groups is 1. The number of aromatic nitrogens is 2. The Balaban J connectivity index is 1.93. The number of ether oxygens (including phenoxy) is 1. The molecule has 0 amide bonds. The van der Waals surface area contributed by atoms with Gasteiger partial charge in [0.25, 0.3) is 0 Å². The van der Waals surface area contributed by atoms with Gasteiger partial charge in [0.05, 0.1) is 24.4 Å². The number of fused-ring (bicyclic) bond motifs is 3. The number of carboxylic acids is 1. The molecular weight excluding hydrogens is 316 g/mol. The van der Waals surface area contributed by atoms with Crippen molar-refractivity contribution in [1.29, 1.82) is 0 Å². The van der Waals surface area contributed by atoms with Gasteiger partial charge >= 0.3 is 5.97 Å². The molecule has 0 atom stereocenters. The van der Waals surface area contributed by atoms with Gasteiger partial charge in [-0.1, -0.05) is 12.1 Å². The molecule has 2 heterocycles. The summed E-state index contributed by atoms with van der Waals surface area (Å²) in [5, 5.41) is 11.2. The highest BCUT2D eigenvalue weighted by atomic mass is 16.5. The molecule has 0 unspecified atom stereocenters. The van der Waals surface area contributed by atoms with Crippen LogP contribution in [-0.4, -0.2) is 27.7 Å². The highest BCUT2D eigenvalue weighted by Gasteiger charge is 2.13. The quantitative estimate of drug-likeness (QED) is 0.615. The third kappa shape index (κ3) is 2.59. The average Bonchev–Trinajstić information content (AvgIpc) is 2.95. The van der Waals surface area contributed by atoms with Crippen LogP contribution in [0.1, 0.15) is 15.9 Å². The predicted molar refractivity (Wildman–Crippen MR) is 96.3 cm³/mol. The molecule has 0 spiro atoms. The van der Waals surface area contributed by atoms with Crippen LogP contribution >= 0.6 is 0 Å². The number of nitrogens with zero attached hydrogens (tertiary/aromatic N) is 2. The maximum atomic E-state index is 11.3. The molecule has 124 valence electrons. The zero-order chi connectivity index (χ0) is 17.4. The monoisotopic (exact) mass is 332 g/mol. The lowest BCUT2D eigenvalue weighted by atomic mass is 10.1. The molecule has 4 rings (SSSR count). The molecule has 5 heteroatoms. The van der Waals surface area contributed by atoms with Crippen LogP contribution in [0, 0.1) is 0 Å². The van der Waals surface area contributed by atoms with E-state index in [2.05, 4.69) is 9.55 Å². The lowest BCUT2D eigenvalue weighted by Gasteiger charge is -2.09. The molecule has 0 bridgehead atoms. The van der Waals surface area contributed by atoms with Crippen molar-refractivity contribution in [3.8, 4) is 5.75 Å². The molecule has 0 aliphatic rings. The second kappa shape index (κ2) is 5.94. The van der Waals surface area contributed by atoms with E-state index in [4.69, 9.17) is 4.74 Å². The molecule has 4 aromatic rings. The van der Waals surface area contributed by atoms with Crippen LogP contribution in [0.5, 0.6) is 5.75 Å². The molecule has 2 aromatic carbocycles. The van der Waals surface area contributed by atoms with Crippen LogP contribution < -0.4 is 4.74 Å². The Morgan fingerprint density at radius 1 is 1.12 bits per heavy atom. The number of hydrogen-bond donors (Lipinski definition) is 1. The van der Waals surface area contributed by atoms with Gasteiger partial charge in [-0.2, -0.15) is 0 Å². The minimum atomic E-state index is -0.926. The van der Waals surface area contributed by atoms with Crippen molar-refractivity contribution in [3.05, 3.63) is 72.1 Å². The summed E-state index contributed by atoms with van der Waals surface area (Å²) in [6, 6.07) is 15.1. The van der Waals surface area contributed by atoms with Crippen LogP contribution in [0.2, 0.25) is 0 Å². The summed E-state index contributed by atoms with van der Waals surface area (Å²) in [6.07, 6.45) is 3.54. The Morgan fingerprint density at radius 3 is 2.80 bits per heavy atom. The van der Waals surface area contributed by atoms with E-state index >= 15 is 0 Å². The Kier molecular flexibility index (Phi) is 3.61. The van der Waals surface area contributed by atoms with E-state index < -0.39 is 5.97 Å². The fourth-order valence-corrected chi connectivity index (χ4v) is 3.20. The summed E-state index contributed by atoms with van der Waals surface area (Å²) in [7, 11) is 1.65. The first-order valence-corrected chi connectivity index (χ1v) is 7.89. The van der Waals surface area contributed by atoms with Crippen molar-refractivity contribution >= 4 is 27.8 Å². The molecule has 0 aliphatic heterocycles. The van der Waals surface area contributed by atoms with Crippen LogP contribution in [0.3, 0.4) is 0 Å². The van der Waals surface area contributed by atoms with E-state index in [1.165, 1.54) is 0 Å². The molecule has 0 saturated heterocycles. The number of rotatable bonds is 4. The van der Waals surface area contributed by atoms with Crippen LogP contribution in [0.15, 0.2) is 60.9 Å². The second-order valence-corrected chi connectivity index (χ2v) is 5.87. The van der Waals surface area contributed by atoms with Gasteiger partial charge in [0, 0.05) is 29.0 Å². The molecule has 0 radical (unpaired) electrons. The lowest BCUT2D eigenvalue weighted by Crippen LogP contribution is -2.00. The third-order valence-electron chi connectivity index (χ3n) is 4.39. The second-order valence-electron chi connectivity index (χ2n) is 5.87. The van der Waals surface area contributed by atoms with Gasteiger partial charge in [-0.25, -0.2) is 4.79 Å². The zero-order valence-electron chi connectivity index (χ0n) is 13.6. The van der Waals surface area contributed by atoms with Crippen LogP contribution in [0.25, 0.3) is 21.8 Å². The van der Waals surface area contributed by atoms with Gasteiger partial charge in [0.1, 0.15) is 5.75 Å². The number of benzene rings is 2. The zero-order valence-corrected chi connectivity index (χ0v) is 13.6. The van der Waals surface area contributed by atoms with Gasteiger partial charge in [-0.3, -0.25) is 4.98 Å². The highest BCUT2D eigenvalue weighted by molar-refractivity contribution is 6.09. The molecule has 0 aliphatic carbocycles. The van der Waals surface area contributed by atoms with Crippen LogP contribution in [0.4, 0.5) is 0 Å². The molecule has 0 fully saturated rings. The van der Waals surface area contributed by atoms with E-state index in [0.717, 1.165) is 33.1 Å². The largest absolute Gasteiger partial charge is 0.497 e. The van der Waals surface area contributed by atoms with Gasteiger partial charge in [0.15, 0.2) is 0 Å². The Morgan fingerprint density at radius 2 is 2.00 bits per heavy atom.